The van der Waals surface area contributed by atoms with Crippen LogP contribution in [-0.4, -0.2) is 32.0 Å². The minimum Gasteiger partial charge on any atom is -0.354 e. The molecule has 5 nitrogen and oxygen atoms in total. The molecular weight excluding hydrogens is 298 g/mol. The molecule has 2 amide bonds. The Kier molecular flexibility index (Phi) is 5.80. The highest BCUT2D eigenvalue weighted by Crippen LogP contribution is 2.19. The molecule has 0 heterocycles. The van der Waals surface area contributed by atoms with Crippen molar-refractivity contribution >= 4 is 33.4 Å². The van der Waals surface area contributed by atoms with Gasteiger partial charge in [0.25, 0.3) is 11.8 Å². The van der Waals surface area contributed by atoms with Crippen LogP contribution >= 0.6 is 15.9 Å². The molecule has 0 aliphatic carbocycles. The van der Waals surface area contributed by atoms with Crippen molar-refractivity contribution in [3.05, 3.63) is 28.2 Å². The third-order valence-electron chi connectivity index (χ3n) is 2.40. The first-order valence-corrected chi connectivity index (χ1v) is 6.40. The molecule has 0 saturated carbocycles. The number of nitrogens with two attached hydrogens (primary N) is 1. The predicted molar refractivity (Wildman–Crippen MR) is 73.2 cm³/mol. The maximum absolute atomic E-state index is 11.6. The maximum Gasteiger partial charge on any atom is 0.279 e. The molecule has 1 rings (SSSR count). The number of amides is 2. The topological polar surface area (TPSA) is 74.8 Å². The van der Waals surface area contributed by atoms with Crippen molar-refractivity contribution in [2.45, 2.75) is 6.92 Å². The van der Waals surface area contributed by atoms with Crippen molar-refractivity contribution in [2.75, 3.05) is 25.5 Å². The molecule has 6 heteroatoms. The van der Waals surface area contributed by atoms with Gasteiger partial charge in [0.05, 0.1) is 0 Å². The molecule has 98 valence electrons. The van der Waals surface area contributed by atoms with Crippen LogP contribution in [0.4, 0.5) is 5.69 Å². The molecule has 1 aromatic rings. The van der Waals surface area contributed by atoms with Crippen LogP contribution in [0.25, 0.3) is 0 Å². The van der Waals surface area contributed by atoms with Crippen molar-refractivity contribution in [2.24, 2.45) is 0 Å². The zero-order valence-electron chi connectivity index (χ0n) is 10.4. The Bertz CT molecular complexity index is 449. The van der Waals surface area contributed by atoms with Crippen molar-refractivity contribution in [3.63, 3.8) is 0 Å². The third-order valence-corrected chi connectivity index (χ3v) is 2.89. The summed E-state index contributed by atoms with van der Waals surface area (Å²) < 4.78 is 0.976. The number of benzene rings is 1. The maximum atomic E-state index is 11.6. The number of quaternary nitrogens is 1. The average molecular weight is 315 g/mol. The van der Waals surface area contributed by atoms with Gasteiger partial charge in [-0.15, -0.1) is 0 Å². The molecule has 0 spiro atoms. The molecule has 0 aromatic heterocycles. The molecule has 1 aromatic carbocycles. The lowest BCUT2D eigenvalue weighted by molar-refractivity contribution is -0.632. The van der Waals surface area contributed by atoms with Gasteiger partial charge in [0, 0.05) is 17.2 Å². The van der Waals surface area contributed by atoms with E-state index in [4.69, 9.17) is 0 Å². The molecule has 0 aliphatic rings. The molecule has 4 N–H and O–H groups in total. The van der Waals surface area contributed by atoms with Crippen LogP contribution in [0.15, 0.2) is 22.7 Å². The Morgan fingerprint density at radius 2 is 1.94 bits per heavy atom. The summed E-state index contributed by atoms with van der Waals surface area (Å²) in [6.07, 6.45) is 0. The van der Waals surface area contributed by atoms with Crippen LogP contribution < -0.4 is 16.0 Å². The first kappa shape index (κ1) is 14.7. The van der Waals surface area contributed by atoms with Gasteiger partial charge in [0.2, 0.25) is 0 Å². The lowest BCUT2D eigenvalue weighted by Crippen LogP contribution is -2.88. The molecule has 0 unspecified atom stereocenters. The highest BCUT2D eigenvalue weighted by atomic mass is 79.9. The first-order valence-electron chi connectivity index (χ1n) is 5.61. The van der Waals surface area contributed by atoms with E-state index in [-0.39, 0.29) is 24.9 Å². The molecule has 0 saturated heterocycles. The van der Waals surface area contributed by atoms with E-state index in [1.165, 1.54) is 0 Å². The molecule has 0 aliphatic heterocycles. The van der Waals surface area contributed by atoms with Crippen molar-refractivity contribution in [1.82, 2.24) is 5.32 Å². The molecular formula is C12H17BrN3O2+. The van der Waals surface area contributed by atoms with E-state index in [0.29, 0.717) is 0 Å². The van der Waals surface area contributed by atoms with E-state index in [0.717, 1.165) is 15.7 Å². The van der Waals surface area contributed by atoms with E-state index in [9.17, 15) is 9.59 Å². The largest absolute Gasteiger partial charge is 0.354 e. The fourth-order valence-corrected chi connectivity index (χ4v) is 1.88. The number of halogens is 1. The van der Waals surface area contributed by atoms with Crippen molar-refractivity contribution in [3.8, 4) is 0 Å². The number of likely N-dealkylation sites (N-methyl/N-ethyl adjacent to an activating group) is 1. The fourth-order valence-electron chi connectivity index (χ4n) is 1.40. The van der Waals surface area contributed by atoms with Gasteiger partial charge in [-0.05, 0) is 30.7 Å². The van der Waals surface area contributed by atoms with Gasteiger partial charge in [0.1, 0.15) is 0 Å². The smallest absolute Gasteiger partial charge is 0.279 e. The summed E-state index contributed by atoms with van der Waals surface area (Å²) in [5.41, 5.74) is 1.78. The number of aryl methyl sites for hydroxylation is 1. The van der Waals surface area contributed by atoms with Crippen LogP contribution in [0.3, 0.4) is 0 Å². The lowest BCUT2D eigenvalue weighted by atomic mass is 10.2. The quantitative estimate of drug-likeness (QED) is 0.716. The number of rotatable bonds is 5. The Morgan fingerprint density at radius 1 is 1.28 bits per heavy atom. The van der Waals surface area contributed by atoms with Crippen LogP contribution in [0.1, 0.15) is 5.56 Å². The molecule has 0 fully saturated rings. The van der Waals surface area contributed by atoms with Gasteiger partial charge in [-0.3, -0.25) is 9.59 Å². The Balaban J connectivity index is 2.42. The summed E-state index contributed by atoms with van der Waals surface area (Å²) in [7, 11) is 1.57. The fraction of sp³-hybridized carbons (Fsp3) is 0.333. The molecule has 0 radical (unpaired) electrons. The number of hydrogen-bond donors (Lipinski definition) is 3. The number of hydrogen-bond acceptors (Lipinski definition) is 2. The second kappa shape index (κ2) is 7.13. The standard InChI is InChI=1S/C12H16BrN3O2/c1-8-5-9(13)3-4-10(8)16-12(18)7-15-6-11(17)14-2/h3-5,15H,6-7H2,1-2H3,(H,14,17)(H,16,18)/p+1. The number of nitrogens with one attached hydrogen (secondary N) is 2. The van der Waals surface area contributed by atoms with Gasteiger partial charge in [0.15, 0.2) is 13.1 Å². The summed E-state index contributed by atoms with van der Waals surface area (Å²) in [6.45, 7) is 2.40. The van der Waals surface area contributed by atoms with E-state index < -0.39 is 0 Å². The summed E-state index contributed by atoms with van der Waals surface area (Å²) in [4.78, 5) is 22.6. The second-order valence-electron chi connectivity index (χ2n) is 3.88. The summed E-state index contributed by atoms with van der Waals surface area (Å²) >= 11 is 3.36. The number of carbonyl (C=O) groups is 2. The highest BCUT2D eigenvalue weighted by molar-refractivity contribution is 9.10. The van der Waals surface area contributed by atoms with Gasteiger partial charge in [-0.1, -0.05) is 15.9 Å². The number of anilines is 1. The van der Waals surface area contributed by atoms with Crippen molar-refractivity contribution in [1.29, 1.82) is 0 Å². The summed E-state index contributed by atoms with van der Waals surface area (Å²) in [5, 5.41) is 6.96. The van der Waals surface area contributed by atoms with Crippen LogP contribution in [0, 0.1) is 6.92 Å². The van der Waals surface area contributed by atoms with Gasteiger partial charge in [-0.25, -0.2) is 0 Å². The summed E-state index contributed by atoms with van der Waals surface area (Å²) in [5.74, 6) is -0.216. The zero-order valence-corrected chi connectivity index (χ0v) is 12.0. The van der Waals surface area contributed by atoms with E-state index in [1.807, 2.05) is 25.1 Å². The zero-order chi connectivity index (χ0) is 13.5. The molecule has 0 bridgehead atoms. The lowest BCUT2D eigenvalue weighted by Gasteiger charge is -2.08. The Hall–Kier alpha value is -1.40. The van der Waals surface area contributed by atoms with Crippen LogP contribution in [0.5, 0.6) is 0 Å². The first-order chi connectivity index (χ1) is 8.52. The van der Waals surface area contributed by atoms with E-state index >= 15 is 0 Å². The van der Waals surface area contributed by atoms with E-state index in [2.05, 4.69) is 26.6 Å². The monoisotopic (exact) mass is 314 g/mol. The Labute approximate surface area is 114 Å². The SMILES string of the molecule is CNC(=O)C[NH2+]CC(=O)Nc1ccc(Br)cc1C. The second-order valence-corrected chi connectivity index (χ2v) is 4.79. The Morgan fingerprint density at radius 3 is 2.56 bits per heavy atom. The molecule has 0 atom stereocenters. The predicted octanol–water partition coefficient (Wildman–Crippen LogP) is 0.00542. The normalized spacial score (nSPS) is 9.94. The number of carbonyl (C=O) groups excluding carboxylic acids is 2. The van der Waals surface area contributed by atoms with Gasteiger partial charge < -0.3 is 16.0 Å². The van der Waals surface area contributed by atoms with Crippen LogP contribution in [0.2, 0.25) is 0 Å². The minimum absolute atomic E-state index is 0.0948. The van der Waals surface area contributed by atoms with E-state index in [1.54, 1.807) is 12.4 Å². The molecule has 18 heavy (non-hydrogen) atoms. The van der Waals surface area contributed by atoms with Crippen LogP contribution in [-0.2, 0) is 9.59 Å². The minimum atomic E-state index is -0.121. The highest BCUT2D eigenvalue weighted by Gasteiger charge is 2.08. The van der Waals surface area contributed by atoms with Gasteiger partial charge in [-0.2, -0.15) is 0 Å². The van der Waals surface area contributed by atoms with Gasteiger partial charge >= 0.3 is 0 Å². The van der Waals surface area contributed by atoms with Crippen molar-refractivity contribution < 1.29 is 14.9 Å². The average Bonchev–Trinajstić information content (AvgIpc) is 2.32. The third kappa shape index (κ3) is 4.85. The summed E-state index contributed by atoms with van der Waals surface area (Å²) in [6, 6.07) is 5.65.